The second-order valence-electron chi connectivity index (χ2n) is 9.50. The van der Waals surface area contributed by atoms with Crippen molar-refractivity contribution in [3.63, 3.8) is 0 Å². The van der Waals surface area contributed by atoms with E-state index in [9.17, 15) is 0 Å². The van der Waals surface area contributed by atoms with Crippen molar-refractivity contribution < 1.29 is 0 Å². The summed E-state index contributed by atoms with van der Waals surface area (Å²) in [7, 11) is 0. The maximum atomic E-state index is 5.00. The van der Waals surface area contributed by atoms with Gasteiger partial charge in [0.25, 0.3) is 0 Å². The Bertz CT molecular complexity index is 1150. The van der Waals surface area contributed by atoms with Crippen molar-refractivity contribution in [3.8, 4) is 0 Å². The fourth-order valence-electron chi connectivity index (χ4n) is 4.35. The zero-order chi connectivity index (χ0) is 21.3. The van der Waals surface area contributed by atoms with Gasteiger partial charge < -0.3 is 9.97 Å². The molecule has 30 heavy (non-hydrogen) atoms. The summed E-state index contributed by atoms with van der Waals surface area (Å²) in [5.74, 6) is 0. The van der Waals surface area contributed by atoms with Gasteiger partial charge in [-0.05, 0) is 101 Å². The third-order valence-electron chi connectivity index (χ3n) is 6.86. The minimum Gasteiger partial charge on any atom is -0.358 e. The van der Waals surface area contributed by atoms with Gasteiger partial charge in [-0.3, -0.25) is 9.98 Å². The standard InChI is InChI=1S/C26H28N4/c1-15-17-7-11-21(27-17)25(3,4)23-13-9-19(29-23)16(2)20-10-14-24(30-20)26(5,6)22-12-8-18(15)28-22/h7-14,27,29H,1-6H3. The monoisotopic (exact) mass is 396 g/mol. The normalized spacial score (nSPS) is 21.4. The molecule has 3 aliphatic rings. The van der Waals surface area contributed by atoms with E-state index in [1.807, 2.05) is 0 Å². The summed E-state index contributed by atoms with van der Waals surface area (Å²) in [6.45, 7) is 13.1. The summed E-state index contributed by atoms with van der Waals surface area (Å²) < 4.78 is 0. The predicted octanol–water partition coefficient (Wildman–Crippen LogP) is 6.19. The molecule has 2 N–H and O–H groups in total. The van der Waals surface area contributed by atoms with E-state index in [0.29, 0.717) is 0 Å². The molecule has 8 bridgehead atoms. The molecule has 0 aliphatic carbocycles. The van der Waals surface area contributed by atoms with E-state index < -0.39 is 0 Å². The van der Waals surface area contributed by atoms with Crippen molar-refractivity contribution in [3.05, 3.63) is 82.7 Å². The molecule has 2 aromatic rings. The van der Waals surface area contributed by atoms with Gasteiger partial charge in [0.15, 0.2) is 0 Å². The third-order valence-corrected chi connectivity index (χ3v) is 6.86. The zero-order valence-corrected chi connectivity index (χ0v) is 18.5. The molecule has 0 amide bonds. The molecule has 0 aromatic carbocycles. The molecule has 152 valence electrons. The number of allylic oxidation sites excluding steroid dienone is 6. The Labute approximate surface area is 177 Å². The Morgan fingerprint density at radius 3 is 1.47 bits per heavy atom. The summed E-state index contributed by atoms with van der Waals surface area (Å²) in [6.07, 6.45) is 8.50. The highest BCUT2D eigenvalue weighted by molar-refractivity contribution is 6.22. The Hall–Kier alpha value is -3.14. The van der Waals surface area contributed by atoms with Gasteiger partial charge in [0, 0.05) is 33.6 Å². The molecule has 0 radical (unpaired) electrons. The first-order valence-corrected chi connectivity index (χ1v) is 10.5. The molecule has 2 aromatic heterocycles. The molecule has 0 saturated carbocycles. The minimum atomic E-state index is -0.266. The molecule has 0 atom stereocenters. The van der Waals surface area contributed by atoms with Crippen molar-refractivity contribution in [2.75, 3.05) is 0 Å². The highest BCUT2D eigenvalue weighted by Gasteiger charge is 2.33. The molecule has 5 rings (SSSR count). The van der Waals surface area contributed by atoms with Crippen LogP contribution in [0.1, 0.15) is 64.3 Å². The van der Waals surface area contributed by atoms with Crippen LogP contribution < -0.4 is 0 Å². The Morgan fingerprint density at radius 1 is 0.600 bits per heavy atom. The van der Waals surface area contributed by atoms with Gasteiger partial charge in [-0.1, -0.05) is 0 Å². The lowest BCUT2D eigenvalue weighted by Crippen LogP contribution is -2.30. The van der Waals surface area contributed by atoms with Crippen LogP contribution in [0.4, 0.5) is 0 Å². The SMILES string of the molecule is CC1=C2C=CC(=N2)C(C)(C)C2=NC(=C(C)c3ccc([nH]3)C(C)(C)c3ccc1[nH]3)C=C2. The molecular weight excluding hydrogens is 368 g/mol. The summed E-state index contributed by atoms with van der Waals surface area (Å²) >= 11 is 0. The molecule has 3 aliphatic heterocycles. The molecular formula is C26H28N4. The average molecular weight is 397 g/mol. The molecule has 0 saturated heterocycles. The number of rotatable bonds is 0. The number of H-pyrrole nitrogens is 2. The number of nitrogens with zero attached hydrogens (tertiary/aromatic N) is 2. The minimum absolute atomic E-state index is 0.175. The number of aromatic amines is 2. The number of nitrogens with one attached hydrogen (secondary N) is 2. The van der Waals surface area contributed by atoms with Crippen LogP contribution in [-0.4, -0.2) is 21.4 Å². The fraction of sp³-hybridized carbons (Fsp3) is 0.308. The lowest BCUT2D eigenvalue weighted by molar-refractivity contribution is 0.602. The second kappa shape index (κ2) is 6.18. The third kappa shape index (κ3) is 2.67. The van der Waals surface area contributed by atoms with Gasteiger partial charge in [0.1, 0.15) is 0 Å². The second-order valence-corrected chi connectivity index (χ2v) is 9.50. The highest BCUT2D eigenvalue weighted by Crippen LogP contribution is 2.37. The largest absolute Gasteiger partial charge is 0.358 e. The van der Waals surface area contributed by atoms with Gasteiger partial charge >= 0.3 is 0 Å². The molecule has 5 heterocycles. The number of aliphatic imine (C=N–C) groups is 2. The maximum Gasteiger partial charge on any atom is 0.0683 e. The summed E-state index contributed by atoms with van der Waals surface area (Å²) in [4.78, 5) is 17.3. The summed E-state index contributed by atoms with van der Waals surface area (Å²) in [5, 5.41) is 0. The first-order chi connectivity index (χ1) is 14.2. The van der Waals surface area contributed by atoms with E-state index in [4.69, 9.17) is 9.98 Å². The van der Waals surface area contributed by atoms with Gasteiger partial charge in [-0.2, -0.15) is 0 Å². The van der Waals surface area contributed by atoms with E-state index in [2.05, 4.69) is 100 Å². The Kier molecular flexibility index (Phi) is 3.88. The summed E-state index contributed by atoms with van der Waals surface area (Å²) in [5.41, 5.74) is 10.5. The van der Waals surface area contributed by atoms with Crippen molar-refractivity contribution in [1.29, 1.82) is 0 Å². The van der Waals surface area contributed by atoms with Gasteiger partial charge in [-0.15, -0.1) is 0 Å². The van der Waals surface area contributed by atoms with Crippen LogP contribution in [0, 0.1) is 5.41 Å². The first kappa shape index (κ1) is 18.9. The Balaban J connectivity index is 1.76. The smallest absolute Gasteiger partial charge is 0.0683 e. The first-order valence-electron chi connectivity index (χ1n) is 10.5. The molecule has 4 nitrogen and oxygen atoms in total. The van der Waals surface area contributed by atoms with Gasteiger partial charge in [0.2, 0.25) is 0 Å². The van der Waals surface area contributed by atoms with Crippen molar-refractivity contribution in [1.82, 2.24) is 9.97 Å². The van der Waals surface area contributed by atoms with E-state index in [1.54, 1.807) is 0 Å². The van der Waals surface area contributed by atoms with Crippen LogP contribution in [0.15, 0.2) is 69.9 Å². The maximum absolute atomic E-state index is 5.00. The summed E-state index contributed by atoms with van der Waals surface area (Å²) in [6, 6.07) is 8.70. The topological polar surface area (TPSA) is 56.3 Å². The highest BCUT2D eigenvalue weighted by atomic mass is 14.9. The van der Waals surface area contributed by atoms with Crippen molar-refractivity contribution >= 4 is 22.6 Å². The van der Waals surface area contributed by atoms with Crippen LogP contribution in [0.2, 0.25) is 0 Å². The van der Waals surface area contributed by atoms with Crippen LogP contribution >= 0.6 is 0 Å². The molecule has 4 heteroatoms. The number of hydrogen-bond donors (Lipinski definition) is 2. The fourth-order valence-corrected chi connectivity index (χ4v) is 4.35. The average Bonchev–Trinajstić information content (AvgIpc) is 3.50. The van der Waals surface area contributed by atoms with Gasteiger partial charge in [-0.25, -0.2) is 0 Å². The number of aromatic nitrogens is 2. The van der Waals surface area contributed by atoms with E-state index in [-0.39, 0.29) is 10.8 Å². The van der Waals surface area contributed by atoms with Crippen LogP contribution in [0.3, 0.4) is 0 Å². The lowest BCUT2D eigenvalue weighted by Gasteiger charge is -2.23. The molecule has 0 spiro atoms. The van der Waals surface area contributed by atoms with Crippen molar-refractivity contribution in [2.45, 2.75) is 47.0 Å². The lowest BCUT2D eigenvalue weighted by atomic mass is 9.82. The Morgan fingerprint density at radius 2 is 1.03 bits per heavy atom. The molecule has 0 unspecified atom stereocenters. The van der Waals surface area contributed by atoms with E-state index in [1.165, 1.54) is 11.4 Å². The number of hydrogen-bond acceptors (Lipinski definition) is 2. The van der Waals surface area contributed by atoms with E-state index in [0.717, 1.165) is 45.4 Å². The number of fused-ring (bicyclic) bond motifs is 6. The zero-order valence-electron chi connectivity index (χ0n) is 18.5. The van der Waals surface area contributed by atoms with Gasteiger partial charge in [0.05, 0.1) is 22.8 Å². The van der Waals surface area contributed by atoms with Crippen molar-refractivity contribution in [2.24, 2.45) is 15.4 Å². The van der Waals surface area contributed by atoms with Crippen LogP contribution in [-0.2, 0) is 5.41 Å². The van der Waals surface area contributed by atoms with Crippen LogP contribution in [0.25, 0.3) is 11.1 Å². The molecule has 0 fully saturated rings. The quantitative estimate of drug-likeness (QED) is 0.533. The predicted molar refractivity (Wildman–Crippen MR) is 126 cm³/mol. The van der Waals surface area contributed by atoms with E-state index >= 15 is 0 Å². The van der Waals surface area contributed by atoms with Crippen LogP contribution in [0.5, 0.6) is 0 Å².